The van der Waals surface area contributed by atoms with Gasteiger partial charge in [0.05, 0.1) is 17.4 Å². The first-order chi connectivity index (χ1) is 14.7. The Kier molecular flexibility index (Phi) is 4.04. The normalized spacial score (nSPS) is 24.0. The minimum Gasteiger partial charge on any atom is -0.504 e. The van der Waals surface area contributed by atoms with Crippen LogP contribution in [0.2, 0.25) is 0 Å². The molecule has 6 N–H and O–H groups in total. The lowest BCUT2D eigenvalue weighted by molar-refractivity contribution is -0.116. The number of aliphatic hydroxyl groups is 3. The van der Waals surface area contributed by atoms with Crippen molar-refractivity contribution >= 4 is 32.7 Å². The van der Waals surface area contributed by atoms with Crippen molar-refractivity contribution < 1.29 is 48.9 Å². The highest BCUT2D eigenvalue weighted by Crippen LogP contribution is 2.45. The van der Waals surface area contributed by atoms with E-state index in [1.165, 1.54) is 0 Å². The summed E-state index contributed by atoms with van der Waals surface area (Å²) in [7, 11) is 0. The minimum atomic E-state index is -1.62. The van der Waals surface area contributed by atoms with Crippen LogP contribution in [0.25, 0.3) is 32.7 Å². The lowest BCUT2D eigenvalue weighted by Gasteiger charge is -2.19. The molecule has 0 radical (unpaired) electrons. The fraction of sp³-hybridized carbons (Fsp3) is 0.263. The Hall–Kier alpha value is -3.58. The molecule has 1 aliphatic rings. The van der Waals surface area contributed by atoms with Crippen molar-refractivity contribution in [2.45, 2.75) is 24.6 Å². The van der Waals surface area contributed by atoms with Gasteiger partial charge in [0, 0.05) is 10.8 Å². The predicted molar refractivity (Wildman–Crippen MR) is 101 cm³/mol. The van der Waals surface area contributed by atoms with Gasteiger partial charge in [0.1, 0.15) is 18.3 Å². The quantitative estimate of drug-likeness (QED) is 0.136. The zero-order valence-electron chi connectivity index (χ0n) is 15.3. The molecule has 0 bridgehead atoms. The van der Waals surface area contributed by atoms with Crippen molar-refractivity contribution in [2.75, 3.05) is 6.61 Å². The zero-order valence-corrected chi connectivity index (χ0v) is 15.3. The summed E-state index contributed by atoms with van der Waals surface area (Å²) in [6.07, 6.45) is -5.83. The van der Waals surface area contributed by atoms with Gasteiger partial charge >= 0.3 is 11.3 Å². The van der Waals surface area contributed by atoms with Crippen LogP contribution in [-0.4, -0.2) is 61.8 Å². The van der Waals surface area contributed by atoms with Gasteiger partial charge in [0.2, 0.25) is 17.8 Å². The van der Waals surface area contributed by atoms with Crippen LogP contribution in [-0.2, 0) is 4.74 Å². The van der Waals surface area contributed by atoms with Crippen molar-refractivity contribution in [1.29, 1.82) is 0 Å². The molecule has 12 nitrogen and oxygen atoms in total. The number of rotatable bonds is 3. The van der Waals surface area contributed by atoms with Gasteiger partial charge in [0.25, 0.3) is 0 Å². The van der Waals surface area contributed by atoms with Crippen molar-refractivity contribution in [3.05, 3.63) is 33.0 Å². The molecule has 0 amide bonds. The van der Waals surface area contributed by atoms with Crippen molar-refractivity contribution in [2.24, 2.45) is 0 Å². The average Bonchev–Trinajstić information content (AvgIpc) is 3.00. The fourth-order valence-electron chi connectivity index (χ4n) is 3.76. The second-order valence-electron chi connectivity index (χ2n) is 7.08. The van der Waals surface area contributed by atoms with Crippen LogP contribution in [0.4, 0.5) is 0 Å². The first-order valence-corrected chi connectivity index (χ1v) is 8.95. The number of ether oxygens (including phenoxy) is 2. The summed E-state index contributed by atoms with van der Waals surface area (Å²) < 4.78 is 21.0. The smallest absolute Gasteiger partial charge is 0.344 e. The highest BCUT2D eigenvalue weighted by molar-refractivity contribution is 6.22. The van der Waals surface area contributed by atoms with E-state index < -0.39 is 76.6 Å². The van der Waals surface area contributed by atoms with E-state index in [-0.39, 0.29) is 21.5 Å². The van der Waals surface area contributed by atoms with Gasteiger partial charge < -0.3 is 48.9 Å². The van der Waals surface area contributed by atoms with Crippen LogP contribution in [0, 0.1) is 0 Å². The highest BCUT2D eigenvalue weighted by atomic mass is 16.7. The third kappa shape index (κ3) is 2.56. The van der Waals surface area contributed by atoms with E-state index in [4.69, 9.17) is 18.3 Å². The maximum Gasteiger partial charge on any atom is 0.344 e. The summed E-state index contributed by atoms with van der Waals surface area (Å²) in [6, 6.07) is 1.90. The summed E-state index contributed by atoms with van der Waals surface area (Å²) in [5.74, 6) is -2.67. The number of hydrogen-bond donors (Lipinski definition) is 6. The molecule has 0 aliphatic carbocycles. The minimum absolute atomic E-state index is 0.0595. The summed E-state index contributed by atoms with van der Waals surface area (Å²) >= 11 is 0. The zero-order chi connectivity index (χ0) is 22.2. The molecular formula is C19H14O12. The lowest BCUT2D eigenvalue weighted by atomic mass is 10.0. The summed E-state index contributed by atoms with van der Waals surface area (Å²) in [5.41, 5.74) is -2.92. The molecule has 2 aromatic carbocycles. The molecule has 31 heavy (non-hydrogen) atoms. The predicted octanol–water partition coefficient (Wildman–Crippen LogP) is -0.575. The average molecular weight is 434 g/mol. The molecule has 1 saturated heterocycles. The molecule has 5 rings (SSSR count). The van der Waals surface area contributed by atoms with E-state index in [0.29, 0.717) is 0 Å². The third-order valence-corrected chi connectivity index (χ3v) is 5.26. The molecule has 1 fully saturated rings. The van der Waals surface area contributed by atoms with Gasteiger partial charge in [-0.15, -0.1) is 0 Å². The van der Waals surface area contributed by atoms with Gasteiger partial charge in [0.15, 0.2) is 22.7 Å². The van der Waals surface area contributed by atoms with Crippen LogP contribution < -0.4 is 16.0 Å². The number of phenols is 3. The first kappa shape index (κ1) is 19.4. The van der Waals surface area contributed by atoms with Crippen molar-refractivity contribution in [3.63, 3.8) is 0 Å². The molecule has 1 unspecified atom stereocenters. The van der Waals surface area contributed by atoms with Gasteiger partial charge in [-0.2, -0.15) is 0 Å². The molecule has 3 heterocycles. The van der Waals surface area contributed by atoms with E-state index in [2.05, 4.69) is 0 Å². The van der Waals surface area contributed by atoms with Crippen LogP contribution in [0.1, 0.15) is 0 Å². The van der Waals surface area contributed by atoms with Gasteiger partial charge in [-0.1, -0.05) is 0 Å². The standard InChI is InChI=1S/C19H14O12/c20-3-8-12(24)13(25)19(28-8)31-14-7(22)2-5-10-9-4(18(27)30-16(10)14)1-6(21)11(23)15(9)29-17(5)26/h1-2,8,12-13,19-25H,3H2/t8-,12+,13-,19?/m1/s1. The maximum atomic E-state index is 12.6. The monoisotopic (exact) mass is 434 g/mol. The Morgan fingerprint density at radius 2 is 1.45 bits per heavy atom. The molecule has 4 atom stereocenters. The first-order valence-electron chi connectivity index (χ1n) is 8.95. The van der Waals surface area contributed by atoms with Gasteiger partial charge in [-0.3, -0.25) is 0 Å². The van der Waals surface area contributed by atoms with Crippen molar-refractivity contribution in [3.8, 4) is 23.0 Å². The van der Waals surface area contributed by atoms with E-state index in [9.17, 15) is 40.2 Å². The maximum absolute atomic E-state index is 12.6. The summed E-state index contributed by atoms with van der Waals surface area (Å²) in [4.78, 5) is 25.0. The van der Waals surface area contributed by atoms with Gasteiger partial charge in [-0.05, 0) is 12.1 Å². The number of aromatic hydroxyl groups is 3. The van der Waals surface area contributed by atoms with Crippen LogP contribution in [0.15, 0.2) is 30.6 Å². The third-order valence-electron chi connectivity index (χ3n) is 5.26. The Balaban J connectivity index is 1.83. The molecule has 0 saturated carbocycles. The number of benzene rings is 2. The molecule has 162 valence electrons. The van der Waals surface area contributed by atoms with E-state index >= 15 is 0 Å². The van der Waals surface area contributed by atoms with Gasteiger partial charge in [-0.25, -0.2) is 9.59 Å². The largest absolute Gasteiger partial charge is 0.504 e. The Morgan fingerprint density at radius 3 is 2.06 bits per heavy atom. The van der Waals surface area contributed by atoms with E-state index in [1.807, 2.05) is 0 Å². The van der Waals surface area contributed by atoms with E-state index in [0.717, 1.165) is 12.1 Å². The van der Waals surface area contributed by atoms with Crippen LogP contribution in [0.5, 0.6) is 23.0 Å². The lowest BCUT2D eigenvalue weighted by Crippen LogP contribution is -2.35. The Bertz CT molecular complexity index is 1450. The second kappa shape index (κ2) is 6.46. The van der Waals surface area contributed by atoms with Crippen LogP contribution >= 0.6 is 0 Å². The van der Waals surface area contributed by atoms with Crippen LogP contribution in [0.3, 0.4) is 0 Å². The number of aliphatic hydroxyl groups excluding tert-OH is 3. The molecule has 2 aromatic heterocycles. The second-order valence-corrected chi connectivity index (χ2v) is 7.08. The van der Waals surface area contributed by atoms with E-state index in [1.54, 1.807) is 0 Å². The SMILES string of the molecule is O=c1oc2c(OC3O[C@H](CO)[C@H](O)[C@H]3O)c(O)cc3c(=O)oc4c(O)c(O)cc1c4c23. The number of hydrogen-bond acceptors (Lipinski definition) is 12. The molecule has 1 aliphatic heterocycles. The summed E-state index contributed by atoms with van der Waals surface area (Å²) in [6.45, 7) is -0.624. The molecule has 12 heteroatoms. The summed E-state index contributed by atoms with van der Waals surface area (Å²) in [5, 5.41) is 59.1. The topological polar surface area (TPSA) is 200 Å². The number of phenolic OH excluding ortho intramolecular Hbond substituents is 3. The molecule has 0 spiro atoms. The molecule has 4 aromatic rings. The fourth-order valence-corrected chi connectivity index (χ4v) is 3.76. The molecular weight excluding hydrogens is 420 g/mol. The highest BCUT2D eigenvalue weighted by Gasteiger charge is 2.44. The van der Waals surface area contributed by atoms with Crippen molar-refractivity contribution in [1.82, 2.24) is 0 Å². The Morgan fingerprint density at radius 1 is 0.871 bits per heavy atom. The Labute approximate surface area is 169 Å².